The smallest absolute Gasteiger partial charge is 0.114 e. The Morgan fingerprint density at radius 2 is 2.24 bits per heavy atom. The number of aromatic nitrogens is 2. The predicted octanol–water partition coefficient (Wildman–Crippen LogP) is 1.00. The van der Waals surface area contributed by atoms with Crippen molar-refractivity contribution >= 4 is 0 Å². The van der Waals surface area contributed by atoms with Crippen molar-refractivity contribution in [3.05, 3.63) is 18.0 Å². The number of halogens is 1. The van der Waals surface area contributed by atoms with E-state index < -0.39 is 6.17 Å². The number of likely N-dealkylation sites (tertiary alicyclic amines) is 1. The van der Waals surface area contributed by atoms with Crippen LogP contribution in [0.2, 0.25) is 0 Å². The molecule has 2 atom stereocenters. The van der Waals surface area contributed by atoms with E-state index in [4.69, 9.17) is 5.73 Å². The van der Waals surface area contributed by atoms with E-state index in [9.17, 15) is 4.39 Å². The third-order valence-electron chi connectivity index (χ3n) is 3.96. The van der Waals surface area contributed by atoms with E-state index in [1.807, 2.05) is 31.6 Å². The van der Waals surface area contributed by atoms with Gasteiger partial charge in [-0.15, -0.1) is 0 Å². The van der Waals surface area contributed by atoms with Crippen molar-refractivity contribution in [2.75, 3.05) is 26.7 Å². The number of hydrogen-bond acceptors (Lipinski definition) is 4. The van der Waals surface area contributed by atoms with E-state index >= 15 is 0 Å². The lowest BCUT2D eigenvalue weighted by Crippen LogP contribution is -2.47. The van der Waals surface area contributed by atoms with Crippen LogP contribution < -0.4 is 5.73 Å². The van der Waals surface area contributed by atoms with E-state index in [1.54, 1.807) is 6.20 Å². The Labute approximate surface area is 126 Å². The van der Waals surface area contributed by atoms with Crippen LogP contribution in [-0.4, -0.2) is 64.0 Å². The van der Waals surface area contributed by atoms with Crippen molar-refractivity contribution in [1.29, 1.82) is 0 Å². The van der Waals surface area contributed by atoms with Gasteiger partial charge in [-0.1, -0.05) is 0 Å². The largest absolute Gasteiger partial charge is 0.324 e. The van der Waals surface area contributed by atoms with Crippen molar-refractivity contribution < 1.29 is 4.39 Å². The molecule has 0 saturated carbocycles. The summed E-state index contributed by atoms with van der Waals surface area (Å²) in [6, 6.07) is 2.23. The summed E-state index contributed by atoms with van der Waals surface area (Å²) in [6.45, 7) is 6.95. The quantitative estimate of drug-likeness (QED) is 0.851. The molecular formula is C15H28FN5. The van der Waals surface area contributed by atoms with Crippen molar-refractivity contribution in [1.82, 2.24) is 19.6 Å². The van der Waals surface area contributed by atoms with Crippen molar-refractivity contribution in [3.63, 3.8) is 0 Å². The van der Waals surface area contributed by atoms with Gasteiger partial charge < -0.3 is 10.6 Å². The minimum Gasteiger partial charge on any atom is -0.324 e. The third kappa shape index (κ3) is 4.76. The number of rotatable bonds is 6. The zero-order valence-corrected chi connectivity index (χ0v) is 13.6. The van der Waals surface area contributed by atoms with Gasteiger partial charge in [0, 0.05) is 51.0 Å². The minimum atomic E-state index is -0.734. The van der Waals surface area contributed by atoms with Crippen molar-refractivity contribution in [2.45, 2.75) is 44.6 Å². The molecule has 1 aromatic heterocycles. The molecule has 5 nitrogen and oxygen atoms in total. The average molecular weight is 297 g/mol. The van der Waals surface area contributed by atoms with E-state index in [0.717, 1.165) is 25.3 Å². The van der Waals surface area contributed by atoms with Gasteiger partial charge in [0.1, 0.15) is 6.17 Å². The summed E-state index contributed by atoms with van der Waals surface area (Å²) < 4.78 is 15.7. The van der Waals surface area contributed by atoms with Gasteiger partial charge in [-0.25, -0.2) is 4.39 Å². The van der Waals surface area contributed by atoms with Crippen LogP contribution in [0.25, 0.3) is 0 Å². The summed E-state index contributed by atoms with van der Waals surface area (Å²) in [5.41, 5.74) is 6.96. The SMILES string of the molecule is CN(C[C@@H]1C[C@H](F)CN1Cc1ccnn1C)CC(C)(C)N. The molecule has 6 heteroatoms. The average Bonchev–Trinajstić information content (AvgIpc) is 2.84. The molecule has 0 aliphatic carbocycles. The molecule has 1 aliphatic rings. The highest BCUT2D eigenvalue weighted by Gasteiger charge is 2.33. The first-order valence-corrected chi connectivity index (χ1v) is 7.57. The summed E-state index contributed by atoms with van der Waals surface area (Å²) in [6.07, 6.45) is 1.66. The van der Waals surface area contributed by atoms with Crippen LogP contribution in [0, 0.1) is 0 Å². The Kier molecular flexibility index (Phi) is 5.01. The van der Waals surface area contributed by atoms with E-state index in [-0.39, 0.29) is 11.6 Å². The van der Waals surface area contributed by atoms with Gasteiger partial charge in [0.2, 0.25) is 0 Å². The van der Waals surface area contributed by atoms with Gasteiger partial charge in [0.15, 0.2) is 0 Å². The van der Waals surface area contributed by atoms with Crippen molar-refractivity contribution in [2.24, 2.45) is 12.8 Å². The Balaban J connectivity index is 1.95. The first kappa shape index (κ1) is 16.4. The van der Waals surface area contributed by atoms with E-state index in [0.29, 0.717) is 13.0 Å². The monoisotopic (exact) mass is 297 g/mol. The first-order chi connectivity index (χ1) is 9.74. The second kappa shape index (κ2) is 6.42. The minimum absolute atomic E-state index is 0.227. The maximum Gasteiger partial charge on any atom is 0.114 e. The molecule has 0 unspecified atom stereocenters. The lowest BCUT2D eigenvalue weighted by Gasteiger charge is -2.31. The molecule has 1 saturated heterocycles. The summed E-state index contributed by atoms with van der Waals surface area (Å²) in [5, 5.41) is 4.18. The molecule has 0 amide bonds. The molecule has 0 radical (unpaired) electrons. The van der Waals surface area contributed by atoms with Gasteiger partial charge in [-0.05, 0) is 33.4 Å². The summed E-state index contributed by atoms with van der Waals surface area (Å²) in [5.74, 6) is 0. The van der Waals surface area contributed by atoms with Crippen LogP contribution in [0.15, 0.2) is 12.3 Å². The number of hydrogen-bond donors (Lipinski definition) is 1. The molecule has 2 rings (SSSR count). The number of aryl methyl sites for hydroxylation is 1. The highest BCUT2D eigenvalue weighted by molar-refractivity contribution is 5.02. The summed E-state index contributed by atoms with van der Waals surface area (Å²) in [7, 11) is 3.98. The molecule has 2 N–H and O–H groups in total. The molecule has 2 heterocycles. The van der Waals surface area contributed by atoms with Crippen LogP contribution in [0.1, 0.15) is 26.0 Å². The Morgan fingerprint density at radius 1 is 1.52 bits per heavy atom. The lowest BCUT2D eigenvalue weighted by atomic mass is 10.1. The zero-order chi connectivity index (χ0) is 15.6. The van der Waals surface area contributed by atoms with E-state index in [2.05, 4.69) is 21.9 Å². The zero-order valence-electron chi connectivity index (χ0n) is 13.6. The van der Waals surface area contributed by atoms with Gasteiger partial charge >= 0.3 is 0 Å². The number of nitrogens with two attached hydrogens (primary N) is 1. The standard InChI is InChI=1S/C15H28FN5/c1-15(2,17)11-19(3)9-14-7-12(16)8-21(14)10-13-5-6-18-20(13)4/h5-6,12,14H,7-11,17H2,1-4H3/t12-,14-/m0/s1. The lowest BCUT2D eigenvalue weighted by molar-refractivity contribution is 0.167. The second-order valence-corrected chi connectivity index (χ2v) is 7.05. The molecule has 0 bridgehead atoms. The van der Waals surface area contributed by atoms with Gasteiger partial charge in [-0.3, -0.25) is 9.58 Å². The molecule has 21 heavy (non-hydrogen) atoms. The van der Waals surface area contributed by atoms with Crippen LogP contribution >= 0.6 is 0 Å². The molecule has 1 aromatic rings. The number of nitrogens with zero attached hydrogens (tertiary/aromatic N) is 4. The van der Waals surface area contributed by atoms with Gasteiger partial charge in [-0.2, -0.15) is 5.10 Å². The summed E-state index contributed by atoms with van der Waals surface area (Å²) in [4.78, 5) is 4.43. The van der Waals surface area contributed by atoms with Gasteiger partial charge in [0.25, 0.3) is 0 Å². The van der Waals surface area contributed by atoms with Crippen LogP contribution in [-0.2, 0) is 13.6 Å². The summed E-state index contributed by atoms with van der Waals surface area (Å²) >= 11 is 0. The number of alkyl halides is 1. The molecule has 0 aromatic carbocycles. The molecular weight excluding hydrogens is 269 g/mol. The van der Waals surface area contributed by atoms with Crippen molar-refractivity contribution in [3.8, 4) is 0 Å². The second-order valence-electron chi connectivity index (χ2n) is 7.05. The van der Waals surface area contributed by atoms with Crippen LogP contribution in [0.3, 0.4) is 0 Å². The number of likely N-dealkylation sites (N-methyl/N-ethyl adjacent to an activating group) is 1. The fourth-order valence-electron chi connectivity index (χ4n) is 3.19. The normalized spacial score (nSPS) is 24.1. The Morgan fingerprint density at radius 3 is 2.81 bits per heavy atom. The Bertz CT molecular complexity index is 453. The molecule has 0 spiro atoms. The third-order valence-corrected chi connectivity index (χ3v) is 3.96. The molecule has 1 aliphatic heterocycles. The molecule has 1 fully saturated rings. The van der Waals surface area contributed by atoms with Crippen LogP contribution in [0.5, 0.6) is 0 Å². The Hall–Kier alpha value is -0.980. The first-order valence-electron chi connectivity index (χ1n) is 7.57. The highest BCUT2D eigenvalue weighted by Crippen LogP contribution is 2.23. The highest BCUT2D eigenvalue weighted by atomic mass is 19.1. The maximum absolute atomic E-state index is 13.8. The van der Waals surface area contributed by atoms with Gasteiger partial charge in [0.05, 0.1) is 5.69 Å². The predicted molar refractivity (Wildman–Crippen MR) is 82.7 cm³/mol. The van der Waals surface area contributed by atoms with E-state index in [1.165, 1.54) is 0 Å². The topological polar surface area (TPSA) is 50.3 Å². The fraction of sp³-hybridized carbons (Fsp3) is 0.800. The molecule has 120 valence electrons. The van der Waals surface area contributed by atoms with Crippen LogP contribution in [0.4, 0.5) is 4.39 Å². The maximum atomic E-state index is 13.8. The fourth-order valence-corrected chi connectivity index (χ4v) is 3.19.